The van der Waals surface area contributed by atoms with E-state index in [0.717, 1.165) is 11.3 Å². The van der Waals surface area contributed by atoms with E-state index in [1.165, 1.54) is 31.2 Å². The van der Waals surface area contributed by atoms with Gasteiger partial charge in [0.2, 0.25) is 5.91 Å². The van der Waals surface area contributed by atoms with Crippen LogP contribution in [0.25, 0.3) is 6.08 Å². The van der Waals surface area contributed by atoms with Crippen molar-refractivity contribution in [1.82, 2.24) is 5.32 Å². The fraction of sp³-hybridized carbons (Fsp3) is 0.0833. The van der Waals surface area contributed by atoms with Gasteiger partial charge in [0, 0.05) is 27.9 Å². The van der Waals surface area contributed by atoms with Crippen LogP contribution in [0.5, 0.6) is 0 Å². The highest BCUT2D eigenvalue weighted by molar-refractivity contribution is 8.00. The number of thioether (sulfide) groups is 1. The van der Waals surface area contributed by atoms with E-state index in [4.69, 9.17) is 9.15 Å². The van der Waals surface area contributed by atoms with Crippen molar-refractivity contribution in [3.63, 3.8) is 0 Å². The molecule has 248 valence electrons. The Kier molecular flexibility index (Phi) is 11.4. The Labute approximate surface area is 289 Å². The number of rotatable bonds is 12. The summed E-state index contributed by atoms with van der Waals surface area (Å²) in [4.78, 5) is 65.8. The Bertz CT molecular complexity index is 2010. The first-order chi connectivity index (χ1) is 23.7. The minimum absolute atomic E-state index is 0.0364. The molecule has 0 fully saturated rings. The van der Waals surface area contributed by atoms with E-state index in [2.05, 4.69) is 21.3 Å². The third-order valence-electron chi connectivity index (χ3n) is 6.85. The van der Waals surface area contributed by atoms with Crippen LogP contribution in [0.4, 0.5) is 16.4 Å². The van der Waals surface area contributed by atoms with Crippen molar-refractivity contribution in [2.75, 3.05) is 28.8 Å². The number of anilines is 3. The number of amides is 4. The van der Waals surface area contributed by atoms with Crippen molar-refractivity contribution in [2.24, 2.45) is 0 Å². The predicted molar refractivity (Wildman–Crippen MR) is 190 cm³/mol. The van der Waals surface area contributed by atoms with E-state index in [9.17, 15) is 24.0 Å². The smallest absolute Gasteiger partial charge is 0.341 e. The number of carbonyl (C=O) groups excluding carboxylic acids is 5. The molecule has 0 saturated heterocycles. The Morgan fingerprint density at radius 1 is 0.816 bits per heavy atom. The summed E-state index contributed by atoms with van der Waals surface area (Å²) in [7, 11) is 1.23. The molecule has 0 saturated carbocycles. The molecule has 3 aromatic carbocycles. The summed E-state index contributed by atoms with van der Waals surface area (Å²) in [5, 5.41) is 11.2. The van der Waals surface area contributed by atoms with Crippen molar-refractivity contribution in [3.05, 3.63) is 136 Å². The summed E-state index contributed by atoms with van der Waals surface area (Å²) in [5.41, 5.74) is 1.84. The molecule has 2 aromatic heterocycles. The second-order valence-corrected chi connectivity index (χ2v) is 12.4. The number of benzene rings is 3. The molecule has 11 nitrogen and oxygen atoms in total. The lowest BCUT2D eigenvalue weighted by atomic mass is 10.1. The average Bonchev–Trinajstić information content (AvgIpc) is 3.75. The lowest BCUT2D eigenvalue weighted by molar-refractivity contribution is -0.114. The number of furan rings is 1. The van der Waals surface area contributed by atoms with Gasteiger partial charge in [0.1, 0.15) is 16.5 Å². The molecule has 4 N–H and O–H groups in total. The Morgan fingerprint density at radius 2 is 1.53 bits per heavy atom. The SMILES string of the molecule is COC(=O)c1c(NC(=O)CSc2cccc(NC(=O)/C(=C/c3ccco3)NC(=O)c3ccccc3)c2)sc(C(=O)Nc2ccccc2)c1C. The number of hydrogen-bond acceptors (Lipinski definition) is 9. The monoisotopic (exact) mass is 694 g/mol. The fourth-order valence-corrected chi connectivity index (χ4v) is 6.37. The van der Waals surface area contributed by atoms with Gasteiger partial charge < -0.3 is 30.4 Å². The van der Waals surface area contributed by atoms with Crippen LogP contribution in [0.15, 0.2) is 118 Å². The maximum atomic E-state index is 13.3. The van der Waals surface area contributed by atoms with Gasteiger partial charge in [0.05, 0.1) is 29.6 Å². The summed E-state index contributed by atoms with van der Waals surface area (Å²) in [6.45, 7) is 1.62. The molecule has 13 heteroatoms. The normalized spacial score (nSPS) is 10.9. The molecular formula is C36H30N4O7S2. The zero-order chi connectivity index (χ0) is 34.8. The topological polar surface area (TPSA) is 156 Å². The van der Waals surface area contributed by atoms with E-state index in [1.54, 1.807) is 97.9 Å². The molecule has 5 aromatic rings. The van der Waals surface area contributed by atoms with Crippen LogP contribution in [0, 0.1) is 6.92 Å². The van der Waals surface area contributed by atoms with Gasteiger partial charge in [-0.1, -0.05) is 42.5 Å². The van der Waals surface area contributed by atoms with Gasteiger partial charge in [-0.15, -0.1) is 23.1 Å². The molecule has 0 radical (unpaired) electrons. The van der Waals surface area contributed by atoms with Crippen LogP contribution >= 0.6 is 23.1 Å². The molecule has 0 aliphatic rings. The number of hydrogen-bond donors (Lipinski definition) is 4. The number of carbonyl (C=O) groups is 5. The largest absolute Gasteiger partial charge is 0.465 e. The van der Waals surface area contributed by atoms with E-state index < -0.39 is 29.6 Å². The number of methoxy groups -OCH3 is 1. The van der Waals surface area contributed by atoms with E-state index in [1.807, 2.05) is 6.07 Å². The van der Waals surface area contributed by atoms with Gasteiger partial charge >= 0.3 is 5.97 Å². The molecule has 0 unspecified atom stereocenters. The van der Waals surface area contributed by atoms with Crippen LogP contribution in [-0.4, -0.2) is 42.5 Å². The molecule has 2 heterocycles. The van der Waals surface area contributed by atoms with Crippen molar-refractivity contribution < 1.29 is 33.1 Å². The second kappa shape index (κ2) is 16.3. The number of thiophene rings is 1. The third-order valence-corrected chi connectivity index (χ3v) is 9.05. The van der Waals surface area contributed by atoms with Crippen molar-refractivity contribution in [3.8, 4) is 0 Å². The first-order valence-corrected chi connectivity index (χ1v) is 16.6. The van der Waals surface area contributed by atoms with Crippen LogP contribution < -0.4 is 21.3 Å². The summed E-state index contributed by atoms with van der Waals surface area (Å²) in [6, 6.07) is 27.5. The standard InChI is InChI=1S/C36H30N4O7S2/c1-22-30(36(45)46-2)35(49-31(22)34(44)37-24-13-7-4-8-14-24)40-29(41)21-48-27-17-9-15-25(19-27)38-33(43)28(20-26-16-10-18-47-26)39-32(42)23-11-5-3-6-12-23/h3-20H,21H2,1-2H3,(H,37,44)(H,38,43)(H,39,42)(H,40,41)/b28-20-. The molecule has 5 rings (SSSR count). The highest BCUT2D eigenvalue weighted by Gasteiger charge is 2.26. The minimum Gasteiger partial charge on any atom is -0.465 e. The predicted octanol–water partition coefficient (Wildman–Crippen LogP) is 6.83. The molecule has 0 aliphatic heterocycles. The van der Waals surface area contributed by atoms with Gasteiger partial charge in [-0.2, -0.15) is 0 Å². The Balaban J connectivity index is 1.25. The van der Waals surface area contributed by atoms with E-state index in [-0.39, 0.29) is 26.9 Å². The molecular weight excluding hydrogens is 665 g/mol. The van der Waals surface area contributed by atoms with Gasteiger partial charge in [-0.3, -0.25) is 19.2 Å². The maximum Gasteiger partial charge on any atom is 0.341 e. The zero-order valence-electron chi connectivity index (χ0n) is 26.3. The first kappa shape index (κ1) is 34.4. The summed E-state index contributed by atoms with van der Waals surface area (Å²) >= 11 is 2.17. The molecule has 0 atom stereocenters. The zero-order valence-corrected chi connectivity index (χ0v) is 27.9. The quantitative estimate of drug-likeness (QED) is 0.0629. The Hall–Kier alpha value is -5.92. The number of nitrogens with one attached hydrogen (secondary N) is 4. The van der Waals surface area contributed by atoms with Crippen molar-refractivity contribution in [1.29, 1.82) is 0 Å². The van der Waals surface area contributed by atoms with Gasteiger partial charge in [-0.25, -0.2) is 4.79 Å². The summed E-state index contributed by atoms with van der Waals surface area (Å²) < 4.78 is 10.3. The van der Waals surface area contributed by atoms with Crippen LogP contribution in [0.1, 0.15) is 41.7 Å². The molecule has 0 bridgehead atoms. The highest BCUT2D eigenvalue weighted by atomic mass is 32.2. The van der Waals surface area contributed by atoms with E-state index >= 15 is 0 Å². The van der Waals surface area contributed by atoms with Crippen LogP contribution in [0.2, 0.25) is 0 Å². The summed E-state index contributed by atoms with van der Waals surface area (Å²) in [5.74, 6) is -2.26. The van der Waals surface area contributed by atoms with Crippen LogP contribution in [0.3, 0.4) is 0 Å². The number of ether oxygens (including phenoxy) is 1. The fourth-order valence-electron chi connectivity index (χ4n) is 4.51. The molecule has 0 spiro atoms. The highest BCUT2D eigenvalue weighted by Crippen LogP contribution is 2.34. The first-order valence-electron chi connectivity index (χ1n) is 14.8. The summed E-state index contributed by atoms with van der Waals surface area (Å²) in [6.07, 6.45) is 2.87. The lowest BCUT2D eigenvalue weighted by Gasteiger charge is -2.12. The lowest BCUT2D eigenvalue weighted by Crippen LogP contribution is -2.30. The van der Waals surface area contributed by atoms with Gasteiger partial charge in [-0.05, 0) is 67.1 Å². The molecule has 4 amide bonds. The van der Waals surface area contributed by atoms with E-state index in [0.29, 0.717) is 33.2 Å². The Morgan fingerprint density at radius 3 is 2.22 bits per heavy atom. The van der Waals surface area contributed by atoms with Crippen molar-refractivity contribution in [2.45, 2.75) is 11.8 Å². The van der Waals surface area contributed by atoms with Gasteiger partial charge in [0.25, 0.3) is 17.7 Å². The average molecular weight is 695 g/mol. The second-order valence-electron chi connectivity index (χ2n) is 10.3. The third kappa shape index (κ3) is 9.12. The molecule has 49 heavy (non-hydrogen) atoms. The number of esters is 1. The number of para-hydroxylation sites is 1. The van der Waals surface area contributed by atoms with Crippen LogP contribution in [-0.2, 0) is 14.3 Å². The van der Waals surface area contributed by atoms with Crippen molar-refractivity contribution >= 4 is 75.1 Å². The maximum absolute atomic E-state index is 13.3. The minimum atomic E-state index is -0.681. The molecule has 0 aliphatic carbocycles. The van der Waals surface area contributed by atoms with Gasteiger partial charge in [0.15, 0.2) is 0 Å².